The van der Waals surface area contributed by atoms with Gasteiger partial charge in [-0.05, 0) is 42.5 Å². The van der Waals surface area contributed by atoms with Crippen LogP contribution in [-0.2, 0) is 29.5 Å². The lowest BCUT2D eigenvalue weighted by molar-refractivity contribution is 0.236. The van der Waals surface area contributed by atoms with Gasteiger partial charge in [-0.15, -0.1) is 0 Å². The largest absolute Gasteiger partial charge is 0.446 e. The number of sulfonamides is 1. The van der Waals surface area contributed by atoms with E-state index in [2.05, 4.69) is 10.8 Å². The second-order valence-corrected chi connectivity index (χ2v) is 6.85. The predicted octanol–water partition coefficient (Wildman–Crippen LogP) is 1.61. The van der Waals surface area contributed by atoms with E-state index in [0.717, 1.165) is 12.8 Å². The van der Waals surface area contributed by atoms with E-state index in [1.54, 1.807) is 0 Å². The molecule has 0 fully saturated rings. The number of nitrogens with one attached hydrogen (secondary N) is 1. The third kappa shape index (κ3) is 3.02. The summed E-state index contributed by atoms with van der Waals surface area (Å²) in [4.78, 5) is 0. The second-order valence-electron chi connectivity index (χ2n) is 5.21. The Kier molecular flexibility index (Phi) is 3.84. The zero-order valence-corrected chi connectivity index (χ0v) is 12.3. The number of aliphatic hydroxyl groups excluding tert-OH is 1. The Morgan fingerprint density at radius 2 is 1.95 bits per heavy atom. The van der Waals surface area contributed by atoms with Gasteiger partial charge in [-0.3, -0.25) is 0 Å². The van der Waals surface area contributed by atoms with Crippen LogP contribution in [-0.4, -0.2) is 19.6 Å². The number of aryl methyl sites for hydroxylation is 1. The van der Waals surface area contributed by atoms with E-state index in [1.165, 1.54) is 23.3 Å². The van der Waals surface area contributed by atoms with E-state index in [9.17, 15) is 8.42 Å². The Morgan fingerprint density at radius 1 is 1.19 bits per heavy atom. The van der Waals surface area contributed by atoms with E-state index in [-0.39, 0.29) is 23.5 Å². The smallest absolute Gasteiger partial charge is 0.274 e. The molecule has 0 aliphatic heterocycles. The van der Waals surface area contributed by atoms with E-state index >= 15 is 0 Å². The van der Waals surface area contributed by atoms with Crippen LogP contribution in [0.25, 0.3) is 0 Å². The van der Waals surface area contributed by atoms with Crippen LogP contribution in [0.4, 0.5) is 0 Å². The summed E-state index contributed by atoms with van der Waals surface area (Å²) in [5, 5.41) is 8.79. The normalized spacial score (nSPS) is 18.4. The van der Waals surface area contributed by atoms with Crippen LogP contribution in [0.1, 0.15) is 23.3 Å². The van der Waals surface area contributed by atoms with Crippen LogP contribution in [0.2, 0.25) is 0 Å². The Labute approximate surface area is 123 Å². The molecule has 1 heterocycles. The number of furan rings is 1. The molecule has 112 valence electrons. The Hall–Kier alpha value is -1.63. The number of hydrogen-bond acceptors (Lipinski definition) is 4. The summed E-state index contributed by atoms with van der Waals surface area (Å²) >= 11 is 0. The molecule has 1 atom stereocenters. The van der Waals surface area contributed by atoms with Crippen LogP contribution in [0.15, 0.2) is 45.9 Å². The highest BCUT2D eigenvalue weighted by Gasteiger charge is 2.26. The zero-order valence-electron chi connectivity index (χ0n) is 11.5. The minimum atomic E-state index is -3.68. The lowest BCUT2D eigenvalue weighted by atomic mass is 9.89. The predicted molar refractivity (Wildman–Crippen MR) is 77.2 cm³/mol. The molecule has 0 radical (unpaired) electrons. The average molecular weight is 307 g/mol. The van der Waals surface area contributed by atoms with Crippen molar-refractivity contribution in [3.05, 3.63) is 53.3 Å². The number of hydrogen-bond donors (Lipinski definition) is 2. The van der Waals surface area contributed by atoms with Gasteiger partial charge in [0.05, 0.1) is 0 Å². The monoisotopic (exact) mass is 307 g/mol. The van der Waals surface area contributed by atoms with Gasteiger partial charge in [-0.25, -0.2) is 13.1 Å². The van der Waals surface area contributed by atoms with E-state index in [1.807, 2.05) is 18.2 Å². The Bertz CT molecular complexity index is 736. The standard InChI is InChI=1S/C15H17NO4S/c17-10-14-7-8-15(20-14)21(18,19)16-13-6-5-11-3-1-2-4-12(11)9-13/h1-4,7-8,13,16-17H,5-6,9-10H2. The molecule has 21 heavy (non-hydrogen) atoms. The maximum absolute atomic E-state index is 12.3. The van der Waals surface area contributed by atoms with E-state index in [0.29, 0.717) is 6.42 Å². The highest BCUT2D eigenvalue weighted by atomic mass is 32.2. The van der Waals surface area contributed by atoms with Gasteiger partial charge in [-0.2, -0.15) is 0 Å². The summed E-state index contributed by atoms with van der Waals surface area (Å²) in [5.41, 5.74) is 2.47. The molecule has 1 aromatic carbocycles. The van der Waals surface area contributed by atoms with Gasteiger partial charge in [0.1, 0.15) is 12.4 Å². The van der Waals surface area contributed by atoms with Gasteiger partial charge in [0.15, 0.2) is 0 Å². The summed E-state index contributed by atoms with van der Waals surface area (Å²) in [6.45, 7) is -0.313. The first-order valence-corrected chi connectivity index (χ1v) is 8.35. The van der Waals surface area contributed by atoms with Crippen molar-refractivity contribution < 1.29 is 17.9 Å². The minimum Gasteiger partial charge on any atom is -0.446 e. The SMILES string of the molecule is O=S(=O)(NC1CCc2ccccc2C1)c1ccc(CO)o1. The topological polar surface area (TPSA) is 79.5 Å². The summed E-state index contributed by atoms with van der Waals surface area (Å²) < 4.78 is 32.3. The molecule has 6 heteroatoms. The maximum atomic E-state index is 12.3. The van der Waals surface area contributed by atoms with Crippen molar-refractivity contribution in [2.45, 2.75) is 37.0 Å². The molecule has 5 nitrogen and oxygen atoms in total. The summed E-state index contributed by atoms with van der Waals surface area (Å²) in [6.07, 6.45) is 2.32. The molecule has 2 aromatic rings. The number of rotatable bonds is 4. The molecule has 0 saturated carbocycles. The molecule has 0 bridgehead atoms. The van der Waals surface area contributed by atoms with Crippen LogP contribution < -0.4 is 4.72 Å². The van der Waals surface area contributed by atoms with Crippen LogP contribution in [0.5, 0.6) is 0 Å². The highest BCUT2D eigenvalue weighted by Crippen LogP contribution is 2.23. The lowest BCUT2D eigenvalue weighted by Crippen LogP contribution is -2.38. The van der Waals surface area contributed by atoms with E-state index in [4.69, 9.17) is 9.52 Å². The van der Waals surface area contributed by atoms with Crippen molar-refractivity contribution in [1.82, 2.24) is 4.72 Å². The molecule has 0 saturated heterocycles. The molecule has 0 spiro atoms. The van der Waals surface area contributed by atoms with E-state index < -0.39 is 10.0 Å². The molecule has 3 rings (SSSR count). The number of aliphatic hydroxyl groups is 1. The first kappa shape index (κ1) is 14.3. The maximum Gasteiger partial charge on any atom is 0.274 e. The molecule has 1 aromatic heterocycles. The summed E-state index contributed by atoms with van der Waals surface area (Å²) in [7, 11) is -3.68. The molecule has 2 N–H and O–H groups in total. The van der Waals surface area contributed by atoms with Gasteiger partial charge < -0.3 is 9.52 Å². The van der Waals surface area contributed by atoms with Crippen molar-refractivity contribution in [2.75, 3.05) is 0 Å². The lowest BCUT2D eigenvalue weighted by Gasteiger charge is -2.24. The molecule has 0 amide bonds. The third-order valence-corrected chi connectivity index (χ3v) is 5.12. The van der Waals surface area contributed by atoms with Crippen molar-refractivity contribution in [2.24, 2.45) is 0 Å². The van der Waals surface area contributed by atoms with Crippen LogP contribution in [0, 0.1) is 0 Å². The number of fused-ring (bicyclic) bond motifs is 1. The summed E-state index contributed by atoms with van der Waals surface area (Å²) in [5.74, 6) is 0.240. The van der Waals surface area contributed by atoms with Gasteiger partial charge >= 0.3 is 0 Å². The fraction of sp³-hybridized carbons (Fsp3) is 0.333. The second kappa shape index (κ2) is 5.63. The van der Waals surface area contributed by atoms with Crippen molar-refractivity contribution >= 4 is 10.0 Å². The minimum absolute atomic E-state index is 0.132. The third-order valence-electron chi connectivity index (χ3n) is 3.73. The molecule has 1 aliphatic rings. The Morgan fingerprint density at radius 3 is 2.67 bits per heavy atom. The Balaban J connectivity index is 1.75. The van der Waals surface area contributed by atoms with Gasteiger partial charge in [-0.1, -0.05) is 24.3 Å². The zero-order chi connectivity index (χ0) is 14.9. The molecular formula is C15H17NO4S. The van der Waals surface area contributed by atoms with Gasteiger partial charge in [0, 0.05) is 6.04 Å². The quantitative estimate of drug-likeness (QED) is 0.899. The van der Waals surface area contributed by atoms with Gasteiger partial charge in [0.25, 0.3) is 10.0 Å². The van der Waals surface area contributed by atoms with Gasteiger partial charge in [0.2, 0.25) is 5.09 Å². The molecule has 1 aliphatic carbocycles. The van der Waals surface area contributed by atoms with Crippen LogP contribution in [0.3, 0.4) is 0 Å². The fourth-order valence-corrected chi connectivity index (χ4v) is 3.88. The van der Waals surface area contributed by atoms with Crippen molar-refractivity contribution in [3.8, 4) is 0 Å². The highest BCUT2D eigenvalue weighted by molar-refractivity contribution is 7.89. The fourth-order valence-electron chi connectivity index (χ4n) is 2.66. The first-order chi connectivity index (χ1) is 10.1. The number of benzene rings is 1. The summed E-state index contributed by atoms with van der Waals surface area (Å²) in [6, 6.07) is 10.8. The van der Waals surface area contributed by atoms with Crippen LogP contribution >= 0.6 is 0 Å². The molecule has 1 unspecified atom stereocenters. The molecular weight excluding hydrogens is 290 g/mol. The van der Waals surface area contributed by atoms with Crippen molar-refractivity contribution in [1.29, 1.82) is 0 Å². The first-order valence-electron chi connectivity index (χ1n) is 6.87. The average Bonchev–Trinajstić information content (AvgIpc) is 2.96. The van der Waals surface area contributed by atoms with Crippen molar-refractivity contribution in [3.63, 3.8) is 0 Å².